The van der Waals surface area contributed by atoms with E-state index >= 15 is 0 Å². The summed E-state index contributed by atoms with van der Waals surface area (Å²) >= 11 is 3.42. The number of amides is 1. The molecular formula is C24H24BrNO5. The molecule has 1 N–H and O–H groups in total. The lowest BCUT2D eigenvalue weighted by atomic mass is 9.94. The van der Waals surface area contributed by atoms with Crippen molar-refractivity contribution < 1.29 is 24.2 Å². The first-order valence-electron chi connectivity index (χ1n) is 10.2. The number of ketones is 1. The van der Waals surface area contributed by atoms with E-state index in [0.29, 0.717) is 21.5 Å². The number of methoxy groups -OCH3 is 2. The van der Waals surface area contributed by atoms with Crippen LogP contribution in [0.15, 0.2) is 52.5 Å². The first-order valence-corrected chi connectivity index (χ1v) is 11.0. The summed E-state index contributed by atoms with van der Waals surface area (Å²) in [6.45, 7) is 0. The molecule has 1 atom stereocenters. The molecule has 2 aromatic rings. The van der Waals surface area contributed by atoms with Gasteiger partial charge in [0.1, 0.15) is 17.3 Å². The van der Waals surface area contributed by atoms with Crippen LogP contribution in [0, 0.1) is 0 Å². The van der Waals surface area contributed by atoms with Crippen molar-refractivity contribution in [2.24, 2.45) is 0 Å². The number of halogens is 1. The fraction of sp³-hybridized carbons (Fsp3) is 0.333. The van der Waals surface area contributed by atoms with Gasteiger partial charge in [-0.25, -0.2) is 0 Å². The molecule has 1 saturated carbocycles. The summed E-state index contributed by atoms with van der Waals surface area (Å²) in [7, 11) is 3.12. The van der Waals surface area contributed by atoms with Crippen LogP contribution in [0.4, 0.5) is 0 Å². The molecule has 2 aliphatic rings. The molecule has 7 heteroatoms. The van der Waals surface area contributed by atoms with Crippen LogP contribution in [0.2, 0.25) is 0 Å². The zero-order valence-corrected chi connectivity index (χ0v) is 19.0. The Hall–Kier alpha value is -2.80. The molecule has 1 heterocycles. The predicted octanol–water partition coefficient (Wildman–Crippen LogP) is 4.83. The number of rotatable bonds is 5. The molecule has 1 saturated heterocycles. The number of Topliss-reactive ketones (excluding diaryl/α,β-unsaturated/α-hetero) is 1. The molecule has 4 rings (SSSR count). The van der Waals surface area contributed by atoms with E-state index in [-0.39, 0.29) is 17.4 Å². The lowest BCUT2D eigenvalue weighted by molar-refractivity contribution is -0.141. The molecule has 1 amide bonds. The van der Waals surface area contributed by atoms with Crippen LogP contribution >= 0.6 is 15.9 Å². The van der Waals surface area contributed by atoms with E-state index in [1.807, 2.05) is 24.3 Å². The van der Waals surface area contributed by atoms with Gasteiger partial charge in [-0.1, -0.05) is 25.0 Å². The molecule has 0 radical (unpaired) electrons. The molecule has 0 bridgehead atoms. The number of carbonyl (C=O) groups is 2. The van der Waals surface area contributed by atoms with Crippen molar-refractivity contribution in [2.75, 3.05) is 14.2 Å². The molecule has 0 aromatic heterocycles. The summed E-state index contributed by atoms with van der Waals surface area (Å²) < 4.78 is 11.3. The third-order valence-corrected chi connectivity index (χ3v) is 6.65. The van der Waals surface area contributed by atoms with Gasteiger partial charge in [0.2, 0.25) is 0 Å². The lowest BCUT2D eigenvalue weighted by Gasteiger charge is -2.31. The number of likely N-dealkylation sites (tertiary alicyclic amines) is 1. The topological polar surface area (TPSA) is 76.1 Å². The Morgan fingerprint density at radius 1 is 1.06 bits per heavy atom. The van der Waals surface area contributed by atoms with E-state index < -0.39 is 17.7 Å². The van der Waals surface area contributed by atoms with Gasteiger partial charge in [0.25, 0.3) is 11.7 Å². The highest BCUT2D eigenvalue weighted by Crippen LogP contribution is 2.44. The van der Waals surface area contributed by atoms with Crippen molar-refractivity contribution in [3.63, 3.8) is 0 Å². The van der Waals surface area contributed by atoms with E-state index in [2.05, 4.69) is 15.9 Å². The van der Waals surface area contributed by atoms with Crippen molar-refractivity contribution in [3.05, 3.63) is 63.6 Å². The van der Waals surface area contributed by atoms with Gasteiger partial charge in [-0.3, -0.25) is 9.59 Å². The maximum Gasteiger partial charge on any atom is 0.295 e. The smallest absolute Gasteiger partial charge is 0.295 e. The molecule has 31 heavy (non-hydrogen) atoms. The van der Waals surface area contributed by atoms with Crippen molar-refractivity contribution >= 4 is 33.4 Å². The number of nitrogens with zero attached hydrogens (tertiary/aromatic N) is 1. The van der Waals surface area contributed by atoms with E-state index in [1.54, 1.807) is 37.3 Å². The van der Waals surface area contributed by atoms with Crippen LogP contribution in [0.25, 0.3) is 5.76 Å². The molecular weight excluding hydrogens is 462 g/mol. The monoisotopic (exact) mass is 485 g/mol. The Balaban J connectivity index is 1.89. The molecule has 1 aliphatic carbocycles. The Morgan fingerprint density at radius 2 is 1.81 bits per heavy atom. The van der Waals surface area contributed by atoms with E-state index in [0.717, 1.165) is 31.2 Å². The molecule has 1 unspecified atom stereocenters. The van der Waals surface area contributed by atoms with Crippen LogP contribution < -0.4 is 9.47 Å². The van der Waals surface area contributed by atoms with Crippen LogP contribution in [-0.4, -0.2) is 42.0 Å². The summed E-state index contributed by atoms with van der Waals surface area (Å²) in [5, 5.41) is 11.2. The summed E-state index contributed by atoms with van der Waals surface area (Å²) in [5.74, 6) is -0.193. The van der Waals surface area contributed by atoms with Gasteiger partial charge in [0.05, 0.1) is 30.3 Å². The van der Waals surface area contributed by atoms with Gasteiger partial charge >= 0.3 is 0 Å². The lowest BCUT2D eigenvalue weighted by Crippen LogP contribution is -2.37. The highest BCUT2D eigenvalue weighted by Gasteiger charge is 2.49. The molecule has 0 spiro atoms. The van der Waals surface area contributed by atoms with Gasteiger partial charge < -0.3 is 19.5 Å². The number of aliphatic hydroxyl groups excluding tert-OH is 1. The first kappa shape index (κ1) is 21.4. The Kier molecular flexibility index (Phi) is 6.05. The normalized spacial score (nSPS) is 21.0. The number of hydrogen-bond donors (Lipinski definition) is 1. The van der Waals surface area contributed by atoms with E-state index in [9.17, 15) is 14.7 Å². The highest BCUT2D eigenvalue weighted by molar-refractivity contribution is 9.10. The van der Waals surface area contributed by atoms with E-state index in [4.69, 9.17) is 9.47 Å². The summed E-state index contributed by atoms with van der Waals surface area (Å²) in [6, 6.07) is 11.7. The Labute approximate surface area is 189 Å². The summed E-state index contributed by atoms with van der Waals surface area (Å²) in [4.78, 5) is 27.9. The van der Waals surface area contributed by atoms with Crippen LogP contribution in [0.1, 0.15) is 42.9 Å². The Morgan fingerprint density at radius 3 is 2.45 bits per heavy atom. The second-order valence-electron chi connectivity index (χ2n) is 7.77. The number of ether oxygens (including phenoxy) is 2. The second kappa shape index (κ2) is 8.75. The van der Waals surface area contributed by atoms with Gasteiger partial charge in [-0.2, -0.15) is 0 Å². The van der Waals surface area contributed by atoms with Gasteiger partial charge in [0.15, 0.2) is 0 Å². The minimum absolute atomic E-state index is 0.0273. The zero-order valence-electron chi connectivity index (χ0n) is 17.4. The molecule has 2 aromatic carbocycles. The SMILES string of the molecule is COc1cccc(C2/C(=C(/O)c3ccc(OC)c(Br)c3)C(=O)C(=O)N2C2CCCC2)c1. The van der Waals surface area contributed by atoms with Crippen molar-refractivity contribution in [2.45, 2.75) is 37.8 Å². The number of benzene rings is 2. The van der Waals surface area contributed by atoms with Crippen LogP contribution in [0.5, 0.6) is 11.5 Å². The first-order chi connectivity index (χ1) is 15.0. The minimum atomic E-state index is -0.668. The van der Waals surface area contributed by atoms with Crippen LogP contribution in [-0.2, 0) is 9.59 Å². The molecule has 162 valence electrons. The minimum Gasteiger partial charge on any atom is -0.507 e. The molecule has 6 nitrogen and oxygen atoms in total. The highest BCUT2D eigenvalue weighted by atomic mass is 79.9. The molecule has 1 aliphatic heterocycles. The largest absolute Gasteiger partial charge is 0.507 e. The van der Waals surface area contributed by atoms with Crippen molar-refractivity contribution in [3.8, 4) is 11.5 Å². The van der Waals surface area contributed by atoms with Gasteiger partial charge in [0, 0.05) is 11.6 Å². The third kappa shape index (κ3) is 3.82. The zero-order chi connectivity index (χ0) is 22.1. The fourth-order valence-electron chi connectivity index (χ4n) is 4.52. The average molecular weight is 486 g/mol. The van der Waals surface area contributed by atoms with Crippen molar-refractivity contribution in [1.82, 2.24) is 4.90 Å². The molecule has 2 fully saturated rings. The average Bonchev–Trinajstić information content (AvgIpc) is 3.40. The van der Waals surface area contributed by atoms with Gasteiger partial charge in [-0.05, 0) is 64.7 Å². The third-order valence-electron chi connectivity index (χ3n) is 6.03. The van der Waals surface area contributed by atoms with E-state index in [1.165, 1.54) is 0 Å². The number of aliphatic hydroxyl groups is 1. The Bertz CT molecular complexity index is 1060. The summed E-state index contributed by atoms with van der Waals surface area (Å²) in [6.07, 6.45) is 3.73. The maximum atomic E-state index is 13.2. The van der Waals surface area contributed by atoms with Gasteiger partial charge in [-0.15, -0.1) is 0 Å². The standard InChI is InChI=1S/C24H24BrNO5/c1-30-17-9-5-6-14(12-17)21-20(22(27)15-10-11-19(31-2)18(25)13-15)23(28)24(29)26(21)16-7-3-4-8-16/h5-6,9-13,16,21,27H,3-4,7-8H2,1-2H3/b22-20-. The van der Waals surface area contributed by atoms with Crippen LogP contribution in [0.3, 0.4) is 0 Å². The summed E-state index contributed by atoms with van der Waals surface area (Å²) in [5.41, 5.74) is 1.27. The number of hydrogen-bond acceptors (Lipinski definition) is 5. The maximum absolute atomic E-state index is 13.2. The second-order valence-corrected chi connectivity index (χ2v) is 8.62. The predicted molar refractivity (Wildman–Crippen MR) is 120 cm³/mol. The fourth-order valence-corrected chi connectivity index (χ4v) is 5.06. The van der Waals surface area contributed by atoms with Crippen molar-refractivity contribution in [1.29, 1.82) is 0 Å². The number of carbonyl (C=O) groups excluding carboxylic acids is 2. The quantitative estimate of drug-likeness (QED) is 0.372.